The van der Waals surface area contributed by atoms with E-state index in [1.54, 1.807) is 0 Å². The molecule has 0 bridgehead atoms. The number of benzene rings is 1. The Kier molecular flexibility index (Phi) is 5.73. The smallest absolute Gasteiger partial charge is 0.329 e. The lowest BCUT2D eigenvalue weighted by atomic mass is 10.1. The van der Waals surface area contributed by atoms with Gasteiger partial charge in [-0.2, -0.15) is 5.10 Å². The highest BCUT2D eigenvalue weighted by molar-refractivity contribution is 6.35. The monoisotopic (exact) mass is 261 g/mol. The molecule has 0 aromatic heterocycles. The van der Waals surface area contributed by atoms with E-state index in [0.29, 0.717) is 0 Å². The van der Waals surface area contributed by atoms with Crippen molar-refractivity contribution in [3.8, 4) is 0 Å². The van der Waals surface area contributed by atoms with Gasteiger partial charge in [0, 0.05) is 6.04 Å². The molecule has 0 aliphatic carbocycles. The maximum Gasteiger partial charge on any atom is 0.329 e. The Morgan fingerprint density at radius 3 is 2.63 bits per heavy atom. The van der Waals surface area contributed by atoms with Crippen LogP contribution in [0.4, 0.5) is 0 Å². The van der Waals surface area contributed by atoms with Gasteiger partial charge >= 0.3 is 11.8 Å². The van der Waals surface area contributed by atoms with Crippen LogP contribution in [0.1, 0.15) is 31.4 Å². The van der Waals surface area contributed by atoms with Crippen molar-refractivity contribution in [3.05, 3.63) is 35.4 Å². The van der Waals surface area contributed by atoms with Gasteiger partial charge in [0.25, 0.3) is 0 Å². The zero-order chi connectivity index (χ0) is 14.3. The Morgan fingerprint density at radius 1 is 1.32 bits per heavy atom. The molecule has 1 aromatic rings. The van der Waals surface area contributed by atoms with E-state index in [1.807, 2.05) is 45.0 Å². The first kappa shape index (κ1) is 14.9. The molecule has 5 nitrogen and oxygen atoms in total. The molecule has 0 aliphatic heterocycles. The Balaban J connectivity index is 2.50. The number of hydrogen-bond donors (Lipinski definition) is 2. The van der Waals surface area contributed by atoms with Crippen molar-refractivity contribution in [2.24, 2.45) is 5.10 Å². The normalized spacial score (nSPS) is 12.2. The number of hydrazone groups is 1. The van der Waals surface area contributed by atoms with Crippen LogP contribution in [0, 0.1) is 6.92 Å². The Hall–Kier alpha value is -2.17. The molecule has 0 unspecified atom stereocenters. The predicted octanol–water partition coefficient (Wildman–Crippen LogP) is 1.36. The number of hydrogen-bond acceptors (Lipinski definition) is 3. The Bertz CT molecular complexity index is 483. The van der Waals surface area contributed by atoms with E-state index in [-0.39, 0.29) is 6.04 Å². The molecule has 0 fully saturated rings. The van der Waals surface area contributed by atoms with Gasteiger partial charge in [-0.05, 0) is 31.4 Å². The molecule has 5 heteroatoms. The first-order valence-electron chi connectivity index (χ1n) is 6.24. The minimum atomic E-state index is -0.759. The van der Waals surface area contributed by atoms with E-state index in [2.05, 4.69) is 15.8 Å². The lowest BCUT2D eigenvalue weighted by Gasteiger charge is -2.09. The van der Waals surface area contributed by atoms with Crippen LogP contribution in [-0.2, 0) is 9.59 Å². The van der Waals surface area contributed by atoms with Crippen LogP contribution in [0.5, 0.6) is 0 Å². The fourth-order valence-corrected chi connectivity index (χ4v) is 1.33. The molecule has 19 heavy (non-hydrogen) atoms. The summed E-state index contributed by atoms with van der Waals surface area (Å²) in [7, 11) is 0. The van der Waals surface area contributed by atoms with Gasteiger partial charge in [-0.25, -0.2) is 5.43 Å². The maximum atomic E-state index is 11.4. The van der Waals surface area contributed by atoms with E-state index >= 15 is 0 Å². The molecule has 0 radical (unpaired) electrons. The molecule has 2 amide bonds. The van der Waals surface area contributed by atoms with Crippen LogP contribution in [0.25, 0.3) is 0 Å². The van der Waals surface area contributed by atoms with Crippen LogP contribution in [0.2, 0.25) is 0 Å². The van der Waals surface area contributed by atoms with Crippen molar-refractivity contribution in [2.45, 2.75) is 33.2 Å². The second-order valence-corrected chi connectivity index (χ2v) is 4.34. The molecule has 102 valence electrons. The topological polar surface area (TPSA) is 70.6 Å². The molecule has 1 aromatic carbocycles. The summed E-state index contributed by atoms with van der Waals surface area (Å²) in [5.41, 5.74) is 4.15. The van der Waals surface area contributed by atoms with Gasteiger partial charge in [0.2, 0.25) is 0 Å². The number of amides is 2. The summed E-state index contributed by atoms with van der Waals surface area (Å²) in [5, 5.41) is 6.34. The number of aryl methyl sites for hydroxylation is 1. The maximum absolute atomic E-state index is 11.4. The highest BCUT2D eigenvalue weighted by Gasteiger charge is 2.14. The van der Waals surface area contributed by atoms with Gasteiger partial charge < -0.3 is 5.32 Å². The number of rotatable bonds is 4. The van der Waals surface area contributed by atoms with Crippen molar-refractivity contribution in [1.82, 2.24) is 10.7 Å². The molecule has 2 N–H and O–H groups in total. The predicted molar refractivity (Wildman–Crippen MR) is 74.8 cm³/mol. The second kappa shape index (κ2) is 7.31. The van der Waals surface area contributed by atoms with Crippen LogP contribution >= 0.6 is 0 Å². The summed E-state index contributed by atoms with van der Waals surface area (Å²) in [5.74, 6) is -1.43. The third-order valence-corrected chi connectivity index (χ3v) is 2.75. The van der Waals surface area contributed by atoms with Crippen molar-refractivity contribution >= 4 is 18.0 Å². The van der Waals surface area contributed by atoms with Crippen molar-refractivity contribution < 1.29 is 9.59 Å². The average Bonchev–Trinajstić information content (AvgIpc) is 2.40. The standard InChI is InChI=1S/C14H19N3O2/c1-4-11(3)16-13(18)14(19)17-15-9-12-8-6-5-7-10(12)2/h5-9,11H,4H2,1-3H3,(H,16,18)(H,17,19)/b15-9-/t11-/m0/s1. The largest absolute Gasteiger partial charge is 0.345 e. The van der Waals surface area contributed by atoms with Crippen molar-refractivity contribution in [3.63, 3.8) is 0 Å². The number of nitrogens with zero attached hydrogens (tertiary/aromatic N) is 1. The van der Waals surface area contributed by atoms with Crippen LogP contribution in [0.3, 0.4) is 0 Å². The number of nitrogens with one attached hydrogen (secondary N) is 2. The quantitative estimate of drug-likeness (QED) is 0.488. The van der Waals surface area contributed by atoms with Gasteiger partial charge in [0.05, 0.1) is 6.21 Å². The van der Waals surface area contributed by atoms with Gasteiger partial charge in [0.15, 0.2) is 0 Å². The van der Waals surface area contributed by atoms with Gasteiger partial charge in [-0.1, -0.05) is 31.2 Å². The van der Waals surface area contributed by atoms with E-state index in [1.165, 1.54) is 6.21 Å². The van der Waals surface area contributed by atoms with Gasteiger partial charge in [-0.3, -0.25) is 9.59 Å². The van der Waals surface area contributed by atoms with Crippen molar-refractivity contribution in [1.29, 1.82) is 0 Å². The fourth-order valence-electron chi connectivity index (χ4n) is 1.33. The molecule has 1 atom stereocenters. The van der Waals surface area contributed by atoms with Crippen LogP contribution in [-0.4, -0.2) is 24.1 Å². The molecule has 0 heterocycles. The zero-order valence-corrected chi connectivity index (χ0v) is 11.4. The van der Waals surface area contributed by atoms with Gasteiger partial charge in [0.1, 0.15) is 0 Å². The Morgan fingerprint density at radius 2 is 2.00 bits per heavy atom. The summed E-state index contributed by atoms with van der Waals surface area (Å²) in [4.78, 5) is 22.9. The molecule has 0 aliphatic rings. The molecule has 0 saturated heterocycles. The summed E-state index contributed by atoms with van der Waals surface area (Å²) >= 11 is 0. The first-order chi connectivity index (χ1) is 9.04. The minimum Gasteiger partial charge on any atom is -0.345 e. The SMILES string of the molecule is CC[C@H](C)NC(=O)C(=O)N/N=C\c1ccccc1C. The molecule has 1 rings (SSSR count). The minimum absolute atomic E-state index is 0.0291. The lowest BCUT2D eigenvalue weighted by molar-refractivity contribution is -0.139. The second-order valence-electron chi connectivity index (χ2n) is 4.34. The third-order valence-electron chi connectivity index (χ3n) is 2.75. The lowest BCUT2D eigenvalue weighted by Crippen LogP contribution is -2.41. The van der Waals surface area contributed by atoms with E-state index in [0.717, 1.165) is 17.5 Å². The van der Waals surface area contributed by atoms with Gasteiger partial charge in [-0.15, -0.1) is 0 Å². The average molecular weight is 261 g/mol. The molecular weight excluding hydrogens is 242 g/mol. The fraction of sp³-hybridized carbons (Fsp3) is 0.357. The van der Waals surface area contributed by atoms with E-state index in [9.17, 15) is 9.59 Å². The zero-order valence-electron chi connectivity index (χ0n) is 11.4. The Labute approximate surface area is 113 Å². The number of carbonyl (C=O) groups is 2. The third kappa shape index (κ3) is 4.91. The van der Waals surface area contributed by atoms with Crippen molar-refractivity contribution in [2.75, 3.05) is 0 Å². The molecule has 0 spiro atoms. The highest BCUT2D eigenvalue weighted by atomic mass is 16.2. The summed E-state index contributed by atoms with van der Waals surface area (Å²) in [6.07, 6.45) is 2.29. The summed E-state index contributed by atoms with van der Waals surface area (Å²) < 4.78 is 0. The first-order valence-corrected chi connectivity index (χ1v) is 6.24. The summed E-state index contributed by atoms with van der Waals surface area (Å²) in [6, 6.07) is 7.60. The molecule has 0 saturated carbocycles. The molecular formula is C14H19N3O2. The van der Waals surface area contributed by atoms with Crippen LogP contribution in [0.15, 0.2) is 29.4 Å². The van der Waals surface area contributed by atoms with E-state index < -0.39 is 11.8 Å². The highest BCUT2D eigenvalue weighted by Crippen LogP contribution is 2.02. The summed E-state index contributed by atoms with van der Waals surface area (Å²) in [6.45, 7) is 5.71. The van der Waals surface area contributed by atoms with Crippen LogP contribution < -0.4 is 10.7 Å². The van der Waals surface area contributed by atoms with E-state index in [4.69, 9.17) is 0 Å². The number of carbonyl (C=O) groups excluding carboxylic acids is 2.